The molecule has 0 fully saturated rings. The Kier molecular flexibility index (Phi) is 3.54. The molecule has 0 saturated heterocycles. The molecule has 0 saturated carbocycles. The zero-order chi connectivity index (χ0) is 12.3. The van der Waals surface area contributed by atoms with E-state index in [0.717, 1.165) is 5.69 Å². The summed E-state index contributed by atoms with van der Waals surface area (Å²) in [6, 6.07) is 7.81. The van der Waals surface area contributed by atoms with Crippen LogP contribution < -0.4 is 0 Å². The van der Waals surface area contributed by atoms with Crippen molar-refractivity contribution in [1.29, 1.82) is 0 Å². The highest BCUT2D eigenvalue weighted by Crippen LogP contribution is 2.15. The van der Waals surface area contributed by atoms with Gasteiger partial charge in [0.05, 0.1) is 11.4 Å². The first-order chi connectivity index (χ1) is 8.16. The monoisotopic (exact) mass is 231 g/mol. The predicted molar refractivity (Wildman–Crippen MR) is 65.5 cm³/mol. The van der Waals surface area contributed by atoms with Gasteiger partial charge in [0, 0.05) is 24.9 Å². The van der Waals surface area contributed by atoms with Gasteiger partial charge in [0.1, 0.15) is 6.10 Å². The van der Waals surface area contributed by atoms with Crippen molar-refractivity contribution in [2.45, 2.75) is 32.4 Å². The number of pyridine rings is 1. The predicted octanol–water partition coefficient (Wildman–Crippen LogP) is 2.14. The normalized spacial score (nSPS) is 12.9. The summed E-state index contributed by atoms with van der Waals surface area (Å²) in [6.07, 6.45) is 3.53. The van der Waals surface area contributed by atoms with Gasteiger partial charge in [-0.25, -0.2) is 0 Å². The minimum absolute atomic E-state index is 0.343. The number of aliphatic hydroxyl groups is 1. The van der Waals surface area contributed by atoms with E-state index in [-0.39, 0.29) is 0 Å². The van der Waals surface area contributed by atoms with Gasteiger partial charge in [0.25, 0.3) is 0 Å². The van der Waals surface area contributed by atoms with Gasteiger partial charge in [-0.15, -0.1) is 0 Å². The van der Waals surface area contributed by atoms with Crippen LogP contribution in [0, 0.1) is 0 Å². The van der Waals surface area contributed by atoms with Crippen molar-refractivity contribution >= 4 is 0 Å². The molecule has 2 aromatic rings. The summed E-state index contributed by atoms with van der Waals surface area (Å²) < 4.78 is 1.89. The van der Waals surface area contributed by atoms with Crippen LogP contribution in [0.5, 0.6) is 0 Å². The second-order valence-corrected chi connectivity index (χ2v) is 4.36. The van der Waals surface area contributed by atoms with Crippen molar-refractivity contribution in [3.05, 3.63) is 48.0 Å². The van der Waals surface area contributed by atoms with Crippen LogP contribution in [0.4, 0.5) is 0 Å². The van der Waals surface area contributed by atoms with Crippen molar-refractivity contribution in [3.63, 3.8) is 0 Å². The Bertz CT molecular complexity index is 465. The number of aromatic nitrogens is 3. The van der Waals surface area contributed by atoms with Gasteiger partial charge in [0.2, 0.25) is 0 Å². The third kappa shape index (κ3) is 2.91. The first-order valence-electron chi connectivity index (χ1n) is 5.80. The molecule has 0 spiro atoms. The topological polar surface area (TPSA) is 50.9 Å². The van der Waals surface area contributed by atoms with E-state index < -0.39 is 6.10 Å². The maximum absolute atomic E-state index is 10.0. The Balaban J connectivity index is 2.05. The van der Waals surface area contributed by atoms with Crippen LogP contribution in [-0.2, 0) is 6.42 Å². The van der Waals surface area contributed by atoms with Gasteiger partial charge in [-0.05, 0) is 32.0 Å². The Morgan fingerprint density at radius 1 is 1.29 bits per heavy atom. The van der Waals surface area contributed by atoms with Crippen LogP contribution in [0.15, 0.2) is 36.7 Å². The molecule has 0 aliphatic carbocycles. The standard InChI is InChI=1S/C13H17N3O/c1-10(2)16-8-6-11(15-16)9-13(17)12-5-3-4-7-14-12/h3-8,10,13,17H,9H2,1-2H3. The fourth-order valence-corrected chi connectivity index (χ4v) is 1.65. The van der Waals surface area contributed by atoms with Gasteiger partial charge in [0.15, 0.2) is 0 Å². The lowest BCUT2D eigenvalue weighted by atomic mass is 10.1. The summed E-state index contributed by atoms with van der Waals surface area (Å²) in [5, 5.41) is 14.4. The zero-order valence-corrected chi connectivity index (χ0v) is 10.1. The molecule has 0 radical (unpaired) electrons. The molecule has 2 aromatic heterocycles. The largest absolute Gasteiger partial charge is 0.386 e. The molecule has 1 unspecified atom stereocenters. The molecule has 0 aliphatic rings. The van der Waals surface area contributed by atoms with Crippen LogP contribution >= 0.6 is 0 Å². The van der Waals surface area contributed by atoms with Crippen molar-refractivity contribution in [3.8, 4) is 0 Å². The van der Waals surface area contributed by atoms with Gasteiger partial charge >= 0.3 is 0 Å². The highest BCUT2D eigenvalue weighted by atomic mass is 16.3. The van der Waals surface area contributed by atoms with Crippen LogP contribution in [0.1, 0.15) is 37.4 Å². The number of nitrogens with zero attached hydrogens (tertiary/aromatic N) is 3. The van der Waals surface area contributed by atoms with E-state index >= 15 is 0 Å². The molecule has 0 amide bonds. The molecule has 1 N–H and O–H groups in total. The Hall–Kier alpha value is -1.68. The van der Waals surface area contributed by atoms with Crippen molar-refractivity contribution in [2.75, 3.05) is 0 Å². The number of aliphatic hydroxyl groups excluding tert-OH is 1. The number of hydrogen-bond donors (Lipinski definition) is 1. The van der Waals surface area contributed by atoms with Crippen molar-refractivity contribution < 1.29 is 5.11 Å². The SMILES string of the molecule is CC(C)n1ccc(CC(O)c2ccccn2)n1. The summed E-state index contributed by atoms with van der Waals surface area (Å²) >= 11 is 0. The smallest absolute Gasteiger partial charge is 0.102 e. The third-order valence-corrected chi connectivity index (χ3v) is 2.62. The average molecular weight is 231 g/mol. The fraction of sp³-hybridized carbons (Fsp3) is 0.385. The van der Waals surface area contributed by atoms with E-state index in [1.54, 1.807) is 6.20 Å². The fourth-order valence-electron chi connectivity index (χ4n) is 1.65. The number of hydrogen-bond acceptors (Lipinski definition) is 3. The van der Waals surface area contributed by atoms with E-state index in [0.29, 0.717) is 18.2 Å². The van der Waals surface area contributed by atoms with E-state index in [4.69, 9.17) is 0 Å². The van der Waals surface area contributed by atoms with Crippen LogP contribution in [0.25, 0.3) is 0 Å². The summed E-state index contributed by atoms with van der Waals surface area (Å²) in [5.74, 6) is 0. The Morgan fingerprint density at radius 3 is 2.71 bits per heavy atom. The second kappa shape index (κ2) is 5.10. The molecule has 4 heteroatoms. The van der Waals surface area contributed by atoms with E-state index in [2.05, 4.69) is 23.9 Å². The lowest BCUT2D eigenvalue weighted by Crippen LogP contribution is -2.06. The highest BCUT2D eigenvalue weighted by molar-refractivity contribution is 5.10. The lowest BCUT2D eigenvalue weighted by molar-refractivity contribution is 0.172. The minimum atomic E-state index is -0.591. The first-order valence-corrected chi connectivity index (χ1v) is 5.80. The average Bonchev–Trinajstić information content (AvgIpc) is 2.79. The van der Waals surface area contributed by atoms with Crippen molar-refractivity contribution in [2.24, 2.45) is 0 Å². The molecule has 2 heterocycles. The van der Waals surface area contributed by atoms with Gasteiger partial charge in [-0.3, -0.25) is 9.67 Å². The molecule has 4 nitrogen and oxygen atoms in total. The van der Waals surface area contributed by atoms with Crippen LogP contribution in [0.2, 0.25) is 0 Å². The quantitative estimate of drug-likeness (QED) is 0.877. The molecule has 0 aromatic carbocycles. The molecular formula is C13H17N3O. The van der Waals surface area contributed by atoms with Crippen LogP contribution in [0.3, 0.4) is 0 Å². The molecular weight excluding hydrogens is 214 g/mol. The maximum Gasteiger partial charge on any atom is 0.102 e. The van der Waals surface area contributed by atoms with E-state index in [9.17, 15) is 5.11 Å². The summed E-state index contributed by atoms with van der Waals surface area (Å²) in [6.45, 7) is 4.15. The van der Waals surface area contributed by atoms with Gasteiger partial charge in [-0.1, -0.05) is 6.07 Å². The highest BCUT2D eigenvalue weighted by Gasteiger charge is 2.11. The molecule has 90 valence electrons. The second-order valence-electron chi connectivity index (χ2n) is 4.36. The third-order valence-electron chi connectivity index (χ3n) is 2.62. The summed E-state index contributed by atoms with van der Waals surface area (Å²) in [5.41, 5.74) is 1.57. The minimum Gasteiger partial charge on any atom is -0.386 e. The summed E-state index contributed by atoms with van der Waals surface area (Å²) in [4.78, 5) is 4.13. The molecule has 0 bridgehead atoms. The molecule has 0 aliphatic heterocycles. The molecule has 1 atom stereocenters. The van der Waals surface area contributed by atoms with Gasteiger partial charge < -0.3 is 5.11 Å². The van der Waals surface area contributed by atoms with E-state index in [1.807, 2.05) is 35.1 Å². The van der Waals surface area contributed by atoms with Crippen molar-refractivity contribution in [1.82, 2.24) is 14.8 Å². The molecule has 2 rings (SSSR count). The maximum atomic E-state index is 10.0. The number of rotatable bonds is 4. The summed E-state index contributed by atoms with van der Waals surface area (Å²) in [7, 11) is 0. The zero-order valence-electron chi connectivity index (χ0n) is 10.1. The van der Waals surface area contributed by atoms with E-state index in [1.165, 1.54) is 0 Å². The molecule has 17 heavy (non-hydrogen) atoms. The Morgan fingerprint density at radius 2 is 2.12 bits per heavy atom. The lowest BCUT2D eigenvalue weighted by Gasteiger charge is -2.08. The van der Waals surface area contributed by atoms with Crippen LogP contribution in [-0.4, -0.2) is 19.9 Å². The first kappa shape index (κ1) is 11.8. The van der Waals surface area contributed by atoms with Gasteiger partial charge in [-0.2, -0.15) is 5.10 Å². The Labute approximate surface area is 101 Å².